The Kier molecular flexibility index (Phi) is 35.5. The van der Waals surface area contributed by atoms with Crippen LogP contribution in [0.2, 0.25) is 15.1 Å². The van der Waals surface area contributed by atoms with Crippen molar-refractivity contribution in [2.45, 2.75) is 224 Å². The number of rotatable bonds is 19. The Morgan fingerprint density at radius 2 is 0.609 bits per heavy atom. The number of oxime groups is 1. The lowest BCUT2D eigenvalue weighted by atomic mass is 9.76. The summed E-state index contributed by atoms with van der Waals surface area (Å²) in [5.41, 5.74) is 16.1. The van der Waals surface area contributed by atoms with Crippen LogP contribution in [-0.4, -0.2) is 220 Å². The van der Waals surface area contributed by atoms with Crippen LogP contribution >= 0.6 is 130 Å². The zero-order valence-corrected chi connectivity index (χ0v) is 86.2. The van der Waals surface area contributed by atoms with E-state index in [1.165, 1.54) is 100.0 Å². The summed E-state index contributed by atoms with van der Waals surface area (Å²) in [6.07, 6.45) is 33.7. The number of benzene rings is 3. The van der Waals surface area contributed by atoms with E-state index in [0.29, 0.717) is 93.7 Å². The number of aromatic nitrogens is 3. The van der Waals surface area contributed by atoms with Gasteiger partial charge in [0.25, 0.3) is 0 Å². The second-order valence-corrected chi connectivity index (χ2v) is 44.7. The Morgan fingerprint density at radius 1 is 0.344 bits per heavy atom. The van der Waals surface area contributed by atoms with Gasteiger partial charge in [-0.25, -0.2) is 0 Å². The molecule has 3 atom stereocenters. The Hall–Kier alpha value is -4.93. The number of halogens is 9. The smallest absolute Gasteiger partial charge is 0.226 e. The van der Waals surface area contributed by atoms with Gasteiger partial charge in [-0.15, -0.1) is 0 Å². The summed E-state index contributed by atoms with van der Waals surface area (Å²) in [4.78, 5) is 116. The van der Waals surface area contributed by atoms with Crippen molar-refractivity contribution in [3.8, 4) is 0 Å². The molecule has 1 unspecified atom stereocenters. The van der Waals surface area contributed by atoms with Gasteiger partial charge < -0.3 is 44.0 Å². The van der Waals surface area contributed by atoms with E-state index >= 15 is 0 Å². The van der Waals surface area contributed by atoms with Crippen molar-refractivity contribution in [3.05, 3.63) is 182 Å². The first-order chi connectivity index (χ1) is 61.9. The predicted octanol–water partition coefficient (Wildman–Crippen LogP) is 21.6. The van der Waals surface area contributed by atoms with E-state index in [-0.39, 0.29) is 53.2 Å². The lowest BCUT2D eigenvalue weighted by Gasteiger charge is -2.38. The van der Waals surface area contributed by atoms with Crippen molar-refractivity contribution in [2.75, 3.05) is 124 Å². The fourth-order valence-electron chi connectivity index (χ4n) is 22.5. The molecular formula is C100H125Br6Cl3N12O7. The highest BCUT2D eigenvalue weighted by atomic mass is 79.9. The molecule has 11 aliphatic rings. The maximum Gasteiger partial charge on any atom is 0.226 e. The number of likely N-dealkylation sites (tertiary alicyclic amines) is 8. The van der Waals surface area contributed by atoms with Gasteiger partial charge in [-0.2, -0.15) is 0 Å². The summed E-state index contributed by atoms with van der Waals surface area (Å²) in [5.74, 6) is 4.30. The number of pyridine rings is 3. The second-order valence-electron chi connectivity index (χ2n) is 38.1. The van der Waals surface area contributed by atoms with Crippen LogP contribution in [0, 0.1) is 35.5 Å². The van der Waals surface area contributed by atoms with E-state index in [2.05, 4.69) is 162 Å². The van der Waals surface area contributed by atoms with Gasteiger partial charge in [0.15, 0.2) is 0 Å². The highest BCUT2D eigenvalue weighted by Gasteiger charge is 2.42. The van der Waals surface area contributed by atoms with Crippen LogP contribution in [-0.2, 0) is 72.1 Å². The average molecular weight is 2190 g/mol. The van der Waals surface area contributed by atoms with Crippen LogP contribution in [0.3, 0.4) is 0 Å². The molecule has 0 radical (unpaired) electrons. The number of amides is 6. The third-order valence-electron chi connectivity index (χ3n) is 29.5. The number of fused-ring (bicyclic) bond motifs is 6. The quantitative estimate of drug-likeness (QED) is 0.0425. The third kappa shape index (κ3) is 25.4. The van der Waals surface area contributed by atoms with Gasteiger partial charge in [-0.05, 0) is 369 Å². The van der Waals surface area contributed by atoms with E-state index in [1.807, 2.05) is 65.3 Å². The van der Waals surface area contributed by atoms with Gasteiger partial charge >= 0.3 is 0 Å². The van der Waals surface area contributed by atoms with E-state index in [1.54, 1.807) is 0 Å². The van der Waals surface area contributed by atoms with E-state index < -0.39 is 0 Å². The molecule has 0 saturated carbocycles. The summed E-state index contributed by atoms with van der Waals surface area (Å²) >= 11 is 41.9. The SMILES string of the molecule is CC(C)=NOCCC(=O)N1CCC(CC(=O)N2CCC([C@H]3c4ncc(Br)cc4CCc4cc(Cl)cc(Br)c43)CC2)CC1.O=C(CCN1CCCCC1)N1CCC(CC(=O)N2CCC(C3c4ncc(Br)cc4CCc4cc(Cl)cc(Br)c43)CC2)CC1.O=C(CCN1CCCCC1)N1CCC(CC(=O)N2CCC([C@H]3c4ncc(Br)cc4CCc4cc(Cl)cc(Br)c43)CC2)CC1. The van der Waals surface area contributed by atoms with Gasteiger partial charge in [0, 0.05) is 202 Å². The van der Waals surface area contributed by atoms with Crippen LogP contribution in [0.1, 0.15) is 253 Å². The van der Waals surface area contributed by atoms with E-state index in [9.17, 15) is 28.8 Å². The van der Waals surface area contributed by atoms with Crippen molar-refractivity contribution >= 4 is 172 Å². The first kappa shape index (κ1) is 97.6. The standard InChI is InChI=1S/2C34H43Br2ClN4O2.C32H39Br2ClN4O3/c2*35-27-19-26-5-4-25-20-28(37)21-29(36)32(25)33(34(26)38-22-27)24-8-16-41(17-9-24)31(43)18-23-6-14-40(15-7-23)30(42)10-13-39-11-2-1-3-12-39;1-20(2)37-42-14-9-28(40)38-10-5-21(6-11-38)15-29(41)39-12-7-22(8-13-39)31-30-23(17-26(35)18-27(30)34)3-4-24-16-25(33)19-36-32(24)31/h2*19-24,33H,1-18H2;16-19,21-22,31H,3-15H2,1-2H3/t33-;;31-/m1.1/s1. The highest BCUT2D eigenvalue weighted by molar-refractivity contribution is 9.11. The first-order valence-corrected chi connectivity index (χ1v) is 53.4. The van der Waals surface area contributed by atoms with E-state index in [0.717, 1.165) is 274 Å². The van der Waals surface area contributed by atoms with Crippen molar-refractivity contribution in [1.29, 1.82) is 0 Å². The predicted molar refractivity (Wildman–Crippen MR) is 530 cm³/mol. The molecule has 6 amide bonds. The monoisotopic (exact) mass is 2180 g/mol. The van der Waals surface area contributed by atoms with Gasteiger partial charge in [-0.3, -0.25) is 43.7 Å². The van der Waals surface area contributed by atoms with Crippen molar-refractivity contribution < 1.29 is 33.6 Å². The fraction of sp³-hybridized carbons (Fsp3) is 0.600. The summed E-state index contributed by atoms with van der Waals surface area (Å²) in [6, 6.07) is 19.1. The summed E-state index contributed by atoms with van der Waals surface area (Å²) in [7, 11) is 0. The topological polar surface area (TPSA) is 189 Å². The lowest BCUT2D eigenvalue weighted by Crippen LogP contribution is -2.43. The molecule has 11 heterocycles. The van der Waals surface area contributed by atoms with Crippen LogP contribution in [0.15, 0.2) is 105 Å². The van der Waals surface area contributed by atoms with Crippen LogP contribution in [0.25, 0.3) is 0 Å². The normalized spacial score (nSPS) is 21.3. The molecule has 0 N–H and O–H groups in total. The van der Waals surface area contributed by atoms with Crippen molar-refractivity contribution in [3.63, 3.8) is 0 Å². The number of piperidine rings is 8. The molecule has 28 heteroatoms. The third-order valence-corrected chi connectivity index (χ3v) is 33.4. The molecule has 8 fully saturated rings. The number of hydrogen-bond acceptors (Lipinski definition) is 13. The van der Waals surface area contributed by atoms with Crippen LogP contribution in [0.5, 0.6) is 0 Å². The zero-order chi connectivity index (χ0) is 89.6. The van der Waals surface area contributed by atoms with Gasteiger partial charge in [0.05, 0.1) is 29.2 Å². The minimum Gasteiger partial charge on any atom is -0.395 e. The Bertz CT molecular complexity index is 4730. The minimum absolute atomic E-state index is 0.100. The highest BCUT2D eigenvalue weighted by Crippen LogP contribution is 2.51. The maximum absolute atomic E-state index is 13.4. The number of nitrogens with zero attached hydrogens (tertiary/aromatic N) is 12. The molecular weight excluding hydrogens is 2070 g/mol. The van der Waals surface area contributed by atoms with Crippen molar-refractivity contribution in [1.82, 2.24) is 54.2 Å². The molecule has 3 aromatic carbocycles. The van der Waals surface area contributed by atoms with E-state index in [4.69, 9.17) is 54.6 Å². The Morgan fingerprint density at radius 3 is 0.898 bits per heavy atom. The Balaban J connectivity index is 0.000000148. The molecule has 0 spiro atoms. The number of hydrogen-bond donors (Lipinski definition) is 0. The molecule has 8 saturated heterocycles. The average Bonchev–Trinajstić information content (AvgIpc) is 1.46. The fourth-order valence-corrected chi connectivity index (χ4v) is 27.0. The molecule has 17 rings (SSSR count). The molecule has 3 aromatic heterocycles. The Labute approximate surface area is 823 Å². The summed E-state index contributed by atoms with van der Waals surface area (Å²) in [6.45, 7) is 19.6. The largest absolute Gasteiger partial charge is 0.395 e. The number of carbonyl (C=O) groups is 6. The molecule has 8 aliphatic heterocycles. The molecule has 19 nitrogen and oxygen atoms in total. The zero-order valence-electron chi connectivity index (χ0n) is 74.4. The lowest BCUT2D eigenvalue weighted by molar-refractivity contribution is -0.137. The van der Waals surface area contributed by atoms with Crippen molar-refractivity contribution in [2.24, 2.45) is 40.7 Å². The van der Waals surface area contributed by atoms with Crippen LogP contribution in [0.4, 0.5) is 0 Å². The summed E-state index contributed by atoms with van der Waals surface area (Å²) in [5, 5.41) is 6.16. The number of carbonyl (C=O) groups excluding carboxylic acids is 6. The second kappa shape index (κ2) is 46.5. The summed E-state index contributed by atoms with van der Waals surface area (Å²) < 4.78 is 6.21. The van der Waals surface area contributed by atoms with Crippen LogP contribution < -0.4 is 0 Å². The first-order valence-electron chi connectivity index (χ1n) is 47.5. The molecule has 6 aromatic rings. The molecule has 3 aliphatic carbocycles. The molecule has 690 valence electrons. The molecule has 0 bridgehead atoms. The van der Waals surface area contributed by atoms with Gasteiger partial charge in [0.1, 0.15) is 6.61 Å². The number of aryl methyl sites for hydroxylation is 6. The maximum atomic E-state index is 13.4. The minimum atomic E-state index is 0.100. The van der Waals surface area contributed by atoms with Gasteiger partial charge in [0.2, 0.25) is 35.4 Å². The van der Waals surface area contributed by atoms with Gasteiger partial charge in [-0.1, -0.05) is 101 Å². The molecule has 128 heavy (non-hydrogen) atoms.